The van der Waals surface area contributed by atoms with Gasteiger partial charge in [0.05, 0.1) is 19.1 Å². The Morgan fingerprint density at radius 1 is 1.67 bits per heavy atom. The minimum atomic E-state index is -1.10. The number of aliphatic hydroxyl groups is 2. The van der Waals surface area contributed by atoms with Crippen LogP contribution in [0.25, 0.3) is 0 Å². The van der Waals surface area contributed by atoms with Gasteiger partial charge in [-0.2, -0.15) is 5.10 Å². The zero-order valence-corrected chi connectivity index (χ0v) is 9.77. The Bertz CT molecular complexity index is 422. The topological polar surface area (TPSA) is 123 Å². The van der Waals surface area contributed by atoms with Gasteiger partial charge in [0.25, 0.3) is 0 Å². The predicted molar refractivity (Wildman–Crippen MR) is 59.0 cm³/mol. The quantitative estimate of drug-likeness (QED) is 0.611. The van der Waals surface area contributed by atoms with Gasteiger partial charge in [-0.05, 0) is 12.8 Å². The lowest BCUT2D eigenvalue weighted by molar-refractivity contribution is -0.120. The van der Waals surface area contributed by atoms with Crippen molar-refractivity contribution < 1.29 is 19.7 Å². The number of carbonyl (C=O) groups excluding carboxylic acids is 1. The van der Waals surface area contributed by atoms with Crippen molar-refractivity contribution in [2.24, 2.45) is 5.73 Å². The molecule has 4 N–H and O–H groups in total. The molecule has 1 aliphatic rings. The number of ether oxygens (including phenoxy) is 1. The summed E-state index contributed by atoms with van der Waals surface area (Å²) in [4.78, 5) is 14.6. The fourth-order valence-corrected chi connectivity index (χ4v) is 1.88. The van der Waals surface area contributed by atoms with E-state index in [0.717, 1.165) is 12.8 Å². The molecule has 0 radical (unpaired) electrons. The molecule has 3 unspecified atom stereocenters. The molecule has 1 aromatic heterocycles. The number of nitrogens with two attached hydrogens (primary N) is 1. The Morgan fingerprint density at radius 3 is 3.06 bits per heavy atom. The minimum absolute atomic E-state index is 0.0254. The van der Waals surface area contributed by atoms with Crippen LogP contribution >= 0.6 is 0 Å². The highest BCUT2D eigenvalue weighted by Gasteiger charge is 2.27. The molecule has 0 aromatic carbocycles. The molecule has 0 saturated carbocycles. The molecule has 8 nitrogen and oxygen atoms in total. The summed E-state index contributed by atoms with van der Waals surface area (Å²) in [5, 5.41) is 22.6. The van der Waals surface area contributed by atoms with Crippen molar-refractivity contribution >= 4 is 5.91 Å². The summed E-state index contributed by atoms with van der Waals surface area (Å²) in [6.07, 6.45) is 1.12. The van der Waals surface area contributed by atoms with E-state index in [1.54, 1.807) is 0 Å². The first-order valence-electron chi connectivity index (χ1n) is 5.74. The molecule has 1 fully saturated rings. The first-order valence-corrected chi connectivity index (χ1v) is 5.74. The fraction of sp³-hybridized carbons (Fsp3) is 0.700. The third-order valence-electron chi connectivity index (χ3n) is 2.80. The monoisotopic (exact) mass is 256 g/mol. The van der Waals surface area contributed by atoms with E-state index >= 15 is 0 Å². The van der Waals surface area contributed by atoms with Crippen molar-refractivity contribution in [1.82, 2.24) is 14.8 Å². The summed E-state index contributed by atoms with van der Waals surface area (Å²) < 4.78 is 6.99. The van der Waals surface area contributed by atoms with Gasteiger partial charge in [0.1, 0.15) is 12.4 Å². The van der Waals surface area contributed by atoms with Gasteiger partial charge in [0, 0.05) is 0 Å². The molecule has 8 heteroatoms. The number of aromatic nitrogens is 3. The van der Waals surface area contributed by atoms with E-state index in [2.05, 4.69) is 10.1 Å². The number of amides is 1. The molecule has 1 amide bonds. The first-order chi connectivity index (χ1) is 8.60. The summed E-state index contributed by atoms with van der Waals surface area (Å²) in [6, 6.07) is 0. The molecule has 3 atom stereocenters. The Balaban J connectivity index is 2.00. The largest absolute Gasteiger partial charge is 0.394 e. The van der Waals surface area contributed by atoms with Gasteiger partial charge in [-0.25, -0.2) is 9.67 Å². The summed E-state index contributed by atoms with van der Waals surface area (Å²) in [6.45, 7) is -0.0254. The minimum Gasteiger partial charge on any atom is -0.394 e. The molecule has 2 heterocycles. The van der Waals surface area contributed by atoms with Crippen molar-refractivity contribution in [3.63, 3.8) is 0 Å². The Hall–Kier alpha value is -1.51. The third-order valence-corrected chi connectivity index (χ3v) is 2.80. The van der Waals surface area contributed by atoms with Crippen LogP contribution in [0.2, 0.25) is 0 Å². The van der Waals surface area contributed by atoms with Gasteiger partial charge < -0.3 is 20.7 Å². The standard InChI is InChI=1S/C10H16N4O4/c11-8(17)3-7(16)10-12-5-14(13-10)9-2-1-6(4-15)18-9/h5-7,9,15-16H,1-4H2,(H2,11,17). The number of rotatable bonds is 5. The molecule has 100 valence electrons. The summed E-state index contributed by atoms with van der Waals surface area (Å²) in [7, 11) is 0. The van der Waals surface area contributed by atoms with Crippen LogP contribution in [0.4, 0.5) is 0 Å². The van der Waals surface area contributed by atoms with E-state index in [4.69, 9.17) is 15.6 Å². The van der Waals surface area contributed by atoms with E-state index in [1.165, 1.54) is 11.0 Å². The number of hydrogen-bond donors (Lipinski definition) is 3. The molecular formula is C10H16N4O4. The van der Waals surface area contributed by atoms with Crippen LogP contribution < -0.4 is 5.73 Å². The van der Waals surface area contributed by atoms with Crippen molar-refractivity contribution in [2.45, 2.75) is 37.7 Å². The lowest BCUT2D eigenvalue weighted by Crippen LogP contribution is -2.17. The van der Waals surface area contributed by atoms with Crippen LogP contribution in [0, 0.1) is 0 Å². The van der Waals surface area contributed by atoms with Crippen LogP contribution in [-0.2, 0) is 9.53 Å². The van der Waals surface area contributed by atoms with E-state index in [0.29, 0.717) is 0 Å². The van der Waals surface area contributed by atoms with Gasteiger partial charge in [0.2, 0.25) is 5.91 Å². The second-order valence-corrected chi connectivity index (χ2v) is 4.24. The molecule has 0 aliphatic carbocycles. The van der Waals surface area contributed by atoms with Crippen LogP contribution in [0.1, 0.15) is 37.4 Å². The third kappa shape index (κ3) is 2.84. The maximum Gasteiger partial charge on any atom is 0.220 e. The number of nitrogens with zero attached hydrogens (tertiary/aromatic N) is 3. The zero-order chi connectivity index (χ0) is 13.1. The summed E-state index contributed by atoms with van der Waals surface area (Å²) in [5.74, 6) is -0.471. The molecule has 0 bridgehead atoms. The molecule has 18 heavy (non-hydrogen) atoms. The number of aliphatic hydroxyl groups excluding tert-OH is 2. The molecule has 0 spiro atoms. The van der Waals surface area contributed by atoms with Crippen LogP contribution in [0.3, 0.4) is 0 Å². The smallest absolute Gasteiger partial charge is 0.220 e. The van der Waals surface area contributed by atoms with Gasteiger partial charge in [-0.3, -0.25) is 4.79 Å². The molecule has 1 aromatic rings. The van der Waals surface area contributed by atoms with Gasteiger partial charge in [-0.15, -0.1) is 0 Å². The summed E-state index contributed by atoms with van der Waals surface area (Å²) in [5.41, 5.74) is 4.98. The maximum absolute atomic E-state index is 10.7. The van der Waals surface area contributed by atoms with Crippen LogP contribution in [0.15, 0.2) is 6.33 Å². The Morgan fingerprint density at radius 2 is 2.44 bits per heavy atom. The van der Waals surface area contributed by atoms with E-state index < -0.39 is 12.0 Å². The number of primary amides is 1. The average molecular weight is 256 g/mol. The Labute approximate surface area is 103 Å². The lowest BCUT2D eigenvalue weighted by Gasteiger charge is -2.11. The average Bonchev–Trinajstić information content (AvgIpc) is 2.96. The van der Waals surface area contributed by atoms with Gasteiger partial charge in [-0.1, -0.05) is 0 Å². The van der Waals surface area contributed by atoms with E-state index in [9.17, 15) is 9.90 Å². The van der Waals surface area contributed by atoms with E-state index in [-0.39, 0.29) is 31.2 Å². The predicted octanol–water partition coefficient (Wildman–Crippen LogP) is -1.14. The van der Waals surface area contributed by atoms with E-state index in [1.807, 2.05) is 0 Å². The molecule has 1 aliphatic heterocycles. The zero-order valence-electron chi connectivity index (χ0n) is 9.77. The van der Waals surface area contributed by atoms with Crippen LogP contribution in [-0.4, -0.2) is 43.6 Å². The molecular weight excluding hydrogens is 240 g/mol. The van der Waals surface area contributed by atoms with Crippen molar-refractivity contribution in [3.8, 4) is 0 Å². The molecule has 2 rings (SSSR count). The maximum atomic E-state index is 10.7. The fourth-order valence-electron chi connectivity index (χ4n) is 1.88. The lowest BCUT2D eigenvalue weighted by atomic mass is 10.2. The highest BCUT2D eigenvalue weighted by molar-refractivity contribution is 5.74. The van der Waals surface area contributed by atoms with Crippen molar-refractivity contribution in [3.05, 3.63) is 12.2 Å². The molecule has 1 saturated heterocycles. The van der Waals surface area contributed by atoms with Crippen molar-refractivity contribution in [2.75, 3.05) is 6.61 Å². The SMILES string of the molecule is NC(=O)CC(O)c1ncn(C2CCC(CO)O2)n1. The van der Waals surface area contributed by atoms with Gasteiger partial charge >= 0.3 is 0 Å². The second-order valence-electron chi connectivity index (χ2n) is 4.24. The number of carbonyl (C=O) groups is 1. The highest BCUT2D eigenvalue weighted by Crippen LogP contribution is 2.27. The Kier molecular flexibility index (Phi) is 3.90. The van der Waals surface area contributed by atoms with Crippen LogP contribution in [0.5, 0.6) is 0 Å². The first kappa shape index (κ1) is 12.9. The second kappa shape index (κ2) is 5.42. The van der Waals surface area contributed by atoms with Crippen molar-refractivity contribution in [1.29, 1.82) is 0 Å². The highest BCUT2D eigenvalue weighted by atomic mass is 16.5. The van der Waals surface area contributed by atoms with Gasteiger partial charge in [0.15, 0.2) is 12.1 Å². The summed E-state index contributed by atoms with van der Waals surface area (Å²) >= 11 is 0. The number of hydrogen-bond acceptors (Lipinski definition) is 6. The normalized spacial score (nSPS) is 25.2.